The Hall–Kier alpha value is -1.23. The first kappa shape index (κ1) is 13.2. The van der Waals surface area contributed by atoms with Crippen molar-refractivity contribution in [2.75, 3.05) is 18.2 Å². The van der Waals surface area contributed by atoms with Crippen LogP contribution >= 0.6 is 0 Å². The lowest BCUT2D eigenvalue weighted by Gasteiger charge is -2.21. The molecule has 5 heteroatoms. The molecule has 1 saturated carbocycles. The molecule has 0 spiro atoms. The summed E-state index contributed by atoms with van der Waals surface area (Å²) in [7, 11) is 3.71. The van der Waals surface area contributed by atoms with E-state index >= 15 is 0 Å². The molecule has 0 aromatic carbocycles. The van der Waals surface area contributed by atoms with E-state index < -0.39 is 0 Å². The lowest BCUT2D eigenvalue weighted by molar-refractivity contribution is 0.101. The summed E-state index contributed by atoms with van der Waals surface area (Å²) in [6.07, 6.45) is 3.72. The van der Waals surface area contributed by atoms with Gasteiger partial charge in [0.25, 0.3) is 0 Å². The van der Waals surface area contributed by atoms with Crippen LogP contribution < -0.4 is 11.1 Å². The van der Waals surface area contributed by atoms with E-state index in [0.29, 0.717) is 12.0 Å². The van der Waals surface area contributed by atoms with Crippen LogP contribution in [0.2, 0.25) is 0 Å². The Morgan fingerprint density at radius 1 is 1.44 bits per heavy atom. The summed E-state index contributed by atoms with van der Waals surface area (Å²) < 4.78 is 7.34. The Bertz CT molecular complexity index is 413. The summed E-state index contributed by atoms with van der Waals surface area (Å²) in [5.41, 5.74) is 7.92. The highest BCUT2D eigenvalue weighted by Gasteiger charge is 2.29. The van der Waals surface area contributed by atoms with Crippen molar-refractivity contribution >= 4 is 11.5 Å². The molecular formula is C13H24N4O. The smallest absolute Gasteiger partial charge is 0.148 e. The number of nitrogen functional groups attached to an aromatic ring is 1. The van der Waals surface area contributed by atoms with Crippen LogP contribution in [0.15, 0.2) is 0 Å². The van der Waals surface area contributed by atoms with Crippen molar-refractivity contribution in [3.05, 3.63) is 5.69 Å². The third-order valence-corrected chi connectivity index (χ3v) is 3.74. The molecule has 0 bridgehead atoms. The van der Waals surface area contributed by atoms with E-state index in [1.54, 1.807) is 7.11 Å². The minimum Gasteiger partial charge on any atom is -0.394 e. The van der Waals surface area contributed by atoms with Crippen molar-refractivity contribution in [3.8, 4) is 0 Å². The van der Waals surface area contributed by atoms with E-state index in [-0.39, 0.29) is 6.10 Å². The zero-order valence-electron chi connectivity index (χ0n) is 11.7. The first-order valence-electron chi connectivity index (χ1n) is 6.66. The second-order valence-corrected chi connectivity index (χ2v) is 5.38. The van der Waals surface area contributed by atoms with Crippen molar-refractivity contribution in [1.29, 1.82) is 0 Å². The fraction of sp³-hybridized carbons (Fsp3) is 0.769. The summed E-state index contributed by atoms with van der Waals surface area (Å²) >= 11 is 0. The van der Waals surface area contributed by atoms with E-state index in [9.17, 15) is 0 Å². The van der Waals surface area contributed by atoms with Crippen molar-refractivity contribution in [2.45, 2.75) is 51.2 Å². The van der Waals surface area contributed by atoms with Gasteiger partial charge in [-0.05, 0) is 25.2 Å². The Morgan fingerprint density at radius 2 is 2.17 bits per heavy atom. The fourth-order valence-corrected chi connectivity index (χ4v) is 2.71. The number of anilines is 2. The van der Waals surface area contributed by atoms with Gasteiger partial charge in [0, 0.05) is 14.2 Å². The van der Waals surface area contributed by atoms with Crippen LogP contribution in [-0.4, -0.2) is 29.0 Å². The van der Waals surface area contributed by atoms with Crippen molar-refractivity contribution in [3.63, 3.8) is 0 Å². The zero-order chi connectivity index (χ0) is 13.3. The average Bonchev–Trinajstić information content (AvgIpc) is 2.88. The first-order chi connectivity index (χ1) is 8.54. The molecule has 1 heterocycles. The molecule has 0 radical (unpaired) electrons. The minimum atomic E-state index is 0.279. The second-order valence-electron chi connectivity index (χ2n) is 5.38. The number of ether oxygens (including phenoxy) is 1. The van der Waals surface area contributed by atoms with Gasteiger partial charge in [0.2, 0.25) is 0 Å². The van der Waals surface area contributed by atoms with E-state index in [0.717, 1.165) is 30.0 Å². The number of hydrogen-bond acceptors (Lipinski definition) is 4. The quantitative estimate of drug-likeness (QED) is 0.861. The third-order valence-electron chi connectivity index (χ3n) is 3.74. The van der Waals surface area contributed by atoms with Crippen LogP contribution in [0.25, 0.3) is 0 Å². The van der Waals surface area contributed by atoms with E-state index in [1.165, 1.54) is 6.42 Å². The number of nitrogens with two attached hydrogens (primary N) is 1. The van der Waals surface area contributed by atoms with Gasteiger partial charge < -0.3 is 15.8 Å². The fourth-order valence-electron chi connectivity index (χ4n) is 2.71. The standard InChI is InChI=1S/C13H24N4O/c1-8(2)12-11(14)13(17(3)16-12)15-9-6-5-7-10(9)18-4/h8-10,15H,5-7,14H2,1-4H3. The molecule has 0 amide bonds. The molecule has 0 aliphatic heterocycles. The predicted octanol–water partition coefficient (Wildman–Crippen LogP) is 2.11. The lowest BCUT2D eigenvalue weighted by Crippen LogP contribution is -2.30. The molecule has 1 aliphatic rings. The summed E-state index contributed by atoms with van der Waals surface area (Å²) in [6.45, 7) is 4.21. The first-order valence-corrected chi connectivity index (χ1v) is 6.66. The molecule has 1 aromatic rings. The third kappa shape index (κ3) is 2.32. The van der Waals surface area contributed by atoms with Crippen LogP contribution in [0, 0.1) is 0 Å². The molecule has 5 nitrogen and oxygen atoms in total. The van der Waals surface area contributed by atoms with E-state index in [4.69, 9.17) is 10.5 Å². The topological polar surface area (TPSA) is 65.1 Å². The summed E-state index contributed by atoms with van der Waals surface area (Å²) in [4.78, 5) is 0. The molecule has 3 N–H and O–H groups in total. The van der Waals surface area contributed by atoms with Gasteiger partial charge >= 0.3 is 0 Å². The highest BCUT2D eigenvalue weighted by Crippen LogP contribution is 2.31. The molecule has 102 valence electrons. The van der Waals surface area contributed by atoms with Gasteiger partial charge in [-0.2, -0.15) is 5.10 Å². The highest BCUT2D eigenvalue weighted by atomic mass is 16.5. The lowest BCUT2D eigenvalue weighted by atomic mass is 10.1. The van der Waals surface area contributed by atoms with Gasteiger partial charge in [-0.3, -0.25) is 4.68 Å². The maximum atomic E-state index is 6.18. The van der Waals surface area contributed by atoms with Crippen LogP contribution in [0.5, 0.6) is 0 Å². The summed E-state index contributed by atoms with van der Waals surface area (Å²) in [5, 5.41) is 8.00. The SMILES string of the molecule is COC1CCCC1Nc1c(N)c(C(C)C)nn1C. The van der Waals surface area contributed by atoms with Crippen LogP contribution in [0.3, 0.4) is 0 Å². The maximum Gasteiger partial charge on any atom is 0.148 e. The number of aryl methyl sites for hydroxylation is 1. The molecule has 2 unspecified atom stereocenters. The van der Waals surface area contributed by atoms with Gasteiger partial charge in [-0.25, -0.2) is 0 Å². The molecule has 2 atom stereocenters. The molecule has 18 heavy (non-hydrogen) atoms. The van der Waals surface area contributed by atoms with Gasteiger partial charge in [-0.15, -0.1) is 0 Å². The summed E-state index contributed by atoms with van der Waals surface area (Å²) in [6, 6.07) is 0.340. The second kappa shape index (κ2) is 5.18. The van der Waals surface area contributed by atoms with Crippen LogP contribution in [0.1, 0.15) is 44.7 Å². The number of hydrogen-bond donors (Lipinski definition) is 2. The largest absolute Gasteiger partial charge is 0.394 e. The molecule has 1 aromatic heterocycles. The van der Waals surface area contributed by atoms with Gasteiger partial charge in [-0.1, -0.05) is 13.8 Å². The maximum absolute atomic E-state index is 6.18. The van der Waals surface area contributed by atoms with E-state index in [1.807, 2.05) is 11.7 Å². The predicted molar refractivity (Wildman–Crippen MR) is 73.8 cm³/mol. The minimum absolute atomic E-state index is 0.279. The molecular weight excluding hydrogens is 228 g/mol. The average molecular weight is 252 g/mol. The normalized spacial score (nSPS) is 23.8. The van der Waals surface area contributed by atoms with Gasteiger partial charge in [0.15, 0.2) is 0 Å². The Labute approximate surface area is 109 Å². The van der Waals surface area contributed by atoms with Crippen LogP contribution in [0.4, 0.5) is 11.5 Å². The number of rotatable bonds is 4. The molecule has 2 rings (SSSR count). The molecule has 0 saturated heterocycles. The number of aromatic nitrogens is 2. The summed E-state index contributed by atoms with van der Waals surface area (Å²) in [5.74, 6) is 1.27. The highest BCUT2D eigenvalue weighted by molar-refractivity contribution is 5.66. The molecule has 1 fully saturated rings. The Morgan fingerprint density at radius 3 is 2.72 bits per heavy atom. The number of nitrogens with zero attached hydrogens (tertiary/aromatic N) is 2. The number of nitrogens with one attached hydrogen (secondary N) is 1. The monoisotopic (exact) mass is 252 g/mol. The Kier molecular flexibility index (Phi) is 3.80. The van der Waals surface area contributed by atoms with Gasteiger partial charge in [0.05, 0.1) is 23.5 Å². The zero-order valence-corrected chi connectivity index (χ0v) is 11.7. The van der Waals surface area contributed by atoms with Crippen molar-refractivity contribution in [2.24, 2.45) is 7.05 Å². The number of methoxy groups -OCH3 is 1. The Balaban J connectivity index is 2.18. The molecule has 1 aliphatic carbocycles. The van der Waals surface area contributed by atoms with Crippen LogP contribution in [-0.2, 0) is 11.8 Å². The van der Waals surface area contributed by atoms with Gasteiger partial charge in [0.1, 0.15) is 5.82 Å². The van der Waals surface area contributed by atoms with Crippen molar-refractivity contribution < 1.29 is 4.74 Å². The van der Waals surface area contributed by atoms with E-state index in [2.05, 4.69) is 24.3 Å². The van der Waals surface area contributed by atoms with Crippen molar-refractivity contribution in [1.82, 2.24) is 9.78 Å².